The van der Waals surface area contributed by atoms with E-state index >= 15 is 0 Å². The zero-order valence-electron chi connectivity index (χ0n) is 13.3. The summed E-state index contributed by atoms with van der Waals surface area (Å²) in [4.78, 5) is 19.2. The van der Waals surface area contributed by atoms with Crippen molar-refractivity contribution in [2.45, 2.75) is 6.42 Å². The number of hydrogen-bond acceptors (Lipinski definition) is 4. The number of amides is 1. The number of aliphatic hydroxyl groups excluding tert-OH is 1. The number of piperazine rings is 1. The van der Waals surface area contributed by atoms with Gasteiger partial charge in [0.15, 0.2) is 0 Å². The Balaban J connectivity index is 1.52. The molecule has 1 atom stereocenters. The maximum atomic E-state index is 12.7. The van der Waals surface area contributed by atoms with E-state index in [1.807, 2.05) is 29.2 Å². The minimum absolute atomic E-state index is 0.0927. The highest BCUT2D eigenvalue weighted by Crippen LogP contribution is 2.27. The van der Waals surface area contributed by atoms with Gasteiger partial charge in [0.05, 0.1) is 12.5 Å². The molecule has 5 nitrogen and oxygen atoms in total. The predicted octanol–water partition coefficient (Wildman–Crippen LogP) is 1.30. The molecule has 2 heterocycles. The van der Waals surface area contributed by atoms with Crippen molar-refractivity contribution in [2.24, 2.45) is 5.92 Å². The van der Waals surface area contributed by atoms with Crippen molar-refractivity contribution >= 4 is 23.2 Å². The van der Waals surface area contributed by atoms with Crippen LogP contribution in [0, 0.1) is 5.92 Å². The first-order valence-corrected chi connectivity index (χ1v) is 8.67. The van der Waals surface area contributed by atoms with Gasteiger partial charge in [0.1, 0.15) is 0 Å². The van der Waals surface area contributed by atoms with Crippen molar-refractivity contribution < 1.29 is 9.90 Å². The SMILES string of the molecule is O=C1C(CN2CCN(CCO)CC2)CCN1c1ccc(Cl)cc1. The fraction of sp³-hybridized carbons (Fsp3) is 0.588. The van der Waals surface area contributed by atoms with E-state index in [-0.39, 0.29) is 18.4 Å². The zero-order chi connectivity index (χ0) is 16.2. The highest BCUT2D eigenvalue weighted by Gasteiger charge is 2.34. The van der Waals surface area contributed by atoms with Crippen molar-refractivity contribution in [3.63, 3.8) is 0 Å². The summed E-state index contributed by atoms with van der Waals surface area (Å²) in [7, 11) is 0. The lowest BCUT2D eigenvalue weighted by Crippen LogP contribution is -2.49. The highest BCUT2D eigenvalue weighted by atomic mass is 35.5. The third-order valence-electron chi connectivity index (χ3n) is 4.81. The number of carbonyl (C=O) groups excluding carboxylic acids is 1. The van der Waals surface area contributed by atoms with Crippen molar-refractivity contribution in [2.75, 3.05) is 57.3 Å². The van der Waals surface area contributed by atoms with Gasteiger partial charge in [-0.3, -0.25) is 9.69 Å². The summed E-state index contributed by atoms with van der Waals surface area (Å²) in [5.41, 5.74) is 0.940. The molecular weight excluding hydrogens is 314 g/mol. The fourth-order valence-corrected chi connectivity index (χ4v) is 3.56. The molecule has 2 aliphatic heterocycles. The van der Waals surface area contributed by atoms with Gasteiger partial charge >= 0.3 is 0 Å². The number of carbonyl (C=O) groups is 1. The summed E-state index contributed by atoms with van der Waals surface area (Å²) in [6.45, 7) is 6.50. The lowest BCUT2D eigenvalue weighted by Gasteiger charge is -2.35. The first-order valence-electron chi connectivity index (χ1n) is 8.30. The molecule has 2 saturated heterocycles. The Morgan fingerprint density at radius 2 is 1.70 bits per heavy atom. The molecule has 0 aromatic heterocycles. The summed E-state index contributed by atoms with van der Waals surface area (Å²) >= 11 is 5.92. The van der Waals surface area contributed by atoms with Gasteiger partial charge in [-0.15, -0.1) is 0 Å². The molecule has 0 aliphatic carbocycles. The number of benzene rings is 1. The molecule has 1 N–H and O–H groups in total. The summed E-state index contributed by atoms with van der Waals surface area (Å²) in [5, 5.41) is 9.68. The molecule has 0 saturated carbocycles. The van der Waals surface area contributed by atoms with Crippen molar-refractivity contribution in [1.82, 2.24) is 9.80 Å². The molecule has 1 aromatic carbocycles. The Bertz CT molecular complexity index is 529. The number of rotatable bonds is 5. The molecule has 126 valence electrons. The van der Waals surface area contributed by atoms with Crippen LogP contribution in [0.5, 0.6) is 0 Å². The van der Waals surface area contributed by atoms with Crippen LogP contribution in [0.15, 0.2) is 24.3 Å². The third kappa shape index (κ3) is 4.04. The monoisotopic (exact) mass is 337 g/mol. The van der Waals surface area contributed by atoms with E-state index in [9.17, 15) is 4.79 Å². The van der Waals surface area contributed by atoms with E-state index in [1.165, 1.54) is 0 Å². The first-order chi connectivity index (χ1) is 11.2. The van der Waals surface area contributed by atoms with E-state index in [0.717, 1.165) is 57.9 Å². The van der Waals surface area contributed by atoms with Crippen molar-refractivity contribution in [1.29, 1.82) is 0 Å². The Labute approximate surface area is 142 Å². The molecule has 0 bridgehead atoms. The van der Waals surface area contributed by atoms with Crippen molar-refractivity contribution in [3.8, 4) is 0 Å². The maximum absolute atomic E-state index is 12.7. The molecule has 6 heteroatoms. The molecule has 0 radical (unpaired) electrons. The Morgan fingerprint density at radius 3 is 2.35 bits per heavy atom. The Kier molecular flexibility index (Phi) is 5.54. The van der Waals surface area contributed by atoms with Crippen LogP contribution in [0.1, 0.15) is 6.42 Å². The van der Waals surface area contributed by atoms with E-state index in [0.29, 0.717) is 5.02 Å². The molecule has 1 aromatic rings. The van der Waals surface area contributed by atoms with Crippen LogP contribution in [0.3, 0.4) is 0 Å². The minimum atomic E-state index is 0.0927. The summed E-state index contributed by atoms with van der Waals surface area (Å²) < 4.78 is 0. The summed E-state index contributed by atoms with van der Waals surface area (Å²) in [6, 6.07) is 7.49. The Morgan fingerprint density at radius 1 is 1.04 bits per heavy atom. The summed E-state index contributed by atoms with van der Waals surface area (Å²) in [5.74, 6) is 0.320. The average molecular weight is 338 g/mol. The van der Waals surface area contributed by atoms with E-state index in [4.69, 9.17) is 16.7 Å². The van der Waals surface area contributed by atoms with E-state index < -0.39 is 0 Å². The second kappa shape index (κ2) is 7.62. The number of β-amino-alcohol motifs (C(OH)–C–C–N with tert-alkyl or cyclic N) is 1. The minimum Gasteiger partial charge on any atom is -0.395 e. The smallest absolute Gasteiger partial charge is 0.231 e. The third-order valence-corrected chi connectivity index (χ3v) is 5.07. The molecule has 2 aliphatic rings. The highest BCUT2D eigenvalue weighted by molar-refractivity contribution is 6.30. The molecular formula is C17H24ClN3O2. The van der Waals surface area contributed by atoms with Crippen LogP contribution >= 0.6 is 11.6 Å². The van der Waals surface area contributed by atoms with E-state index in [2.05, 4.69) is 9.80 Å². The standard InChI is InChI=1S/C17H24ClN3O2/c18-15-1-3-16(4-2-15)21-6-5-14(17(21)23)13-20-9-7-19(8-10-20)11-12-22/h1-4,14,22H,5-13H2. The second-order valence-corrected chi connectivity index (χ2v) is 6.75. The number of halogens is 1. The quantitative estimate of drug-likeness (QED) is 0.880. The second-order valence-electron chi connectivity index (χ2n) is 6.32. The van der Waals surface area contributed by atoms with Crippen LogP contribution in [0.25, 0.3) is 0 Å². The fourth-order valence-electron chi connectivity index (χ4n) is 3.43. The molecule has 0 spiro atoms. The topological polar surface area (TPSA) is 47.0 Å². The van der Waals surface area contributed by atoms with Crippen LogP contribution in [0.4, 0.5) is 5.69 Å². The lowest BCUT2D eigenvalue weighted by molar-refractivity contribution is -0.121. The number of nitrogens with zero attached hydrogens (tertiary/aromatic N) is 3. The lowest BCUT2D eigenvalue weighted by atomic mass is 10.1. The number of aliphatic hydroxyl groups is 1. The maximum Gasteiger partial charge on any atom is 0.231 e. The predicted molar refractivity (Wildman–Crippen MR) is 91.9 cm³/mol. The van der Waals surface area contributed by atoms with Crippen LogP contribution < -0.4 is 4.90 Å². The molecule has 23 heavy (non-hydrogen) atoms. The largest absolute Gasteiger partial charge is 0.395 e. The average Bonchev–Trinajstić information content (AvgIpc) is 2.91. The van der Waals surface area contributed by atoms with Crippen LogP contribution in [-0.4, -0.2) is 73.2 Å². The van der Waals surface area contributed by atoms with Gasteiger partial charge in [-0.1, -0.05) is 11.6 Å². The Hall–Kier alpha value is -1.14. The molecule has 1 amide bonds. The van der Waals surface area contributed by atoms with Gasteiger partial charge in [0.25, 0.3) is 0 Å². The summed E-state index contributed by atoms with van der Waals surface area (Å²) in [6.07, 6.45) is 0.915. The van der Waals surface area contributed by atoms with Gasteiger partial charge in [-0.25, -0.2) is 0 Å². The van der Waals surface area contributed by atoms with Crippen LogP contribution in [0.2, 0.25) is 5.02 Å². The van der Waals surface area contributed by atoms with Gasteiger partial charge in [0, 0.05) is 56.5 Å². The molecule has 1 unspecified atom stereocenters. The number of anilines is 1. The van der Waals surface area contributed by atoms with Gasteiger partial charge in [-0.2, -0.15) is 0 Å². The van der Waals surface area contributed by atoms with Gasteiger partial charge in [-0.05, 0) is 30.7 Å². The zero-order valence-corrected chi connectivity index (χ0v) is 14.1. The van der Waals surface area contributed by atoms with Crippen molar-refractivity contribution in [3.05, 3.63) is 29.3 Å². The molecule has 2 fully saturated rings. The van der Waals surface area contributed by atoms with Gasteiger partial charge in [0.2, 0.25) is 5.91 Å². The normalized spacial score (nSPS) is 23.7. The van der Waals surface area contributed by atoms with E-state index in [1.54, 1.807) is 0 Å². The first kappa shape index (κ1) is 16.7. The molecule has 3 rings (SSSR count). The van der Waals surface area contributed by atoms with Gasteiger partial charge < -0.3 is 14.9 Å². The van der Waals surface area contributed by atoms with Crippen LogP contribution in [-0.2, 0) is 4.79 Å². The number of hydrogen-bond donors (Lipinski definition) is 1.